The van der Waals surface area contributed by atoms with Crippen LogP contribution in [0.2, 0.25) is 0 Å². The summed E-state index contributed by atoms with van der Waals surface area (Å²) in [6.45, 7) is 18.5. The summed E-state index contributed by atoms with van der Waals surface area (Å²) in [6.07, 6.45) is -8.84. The van der Waals surface area contributed by atoms with Crippen LogP contribution in [0.1, 0.15) is 108 Å². The second kappa shape index (κ2) is 25.3. The molecule has 0 aromatic heterocycles. The molecule has 406 valence electrons. The van der Waals surface area contributed by atoms with Gasteiger partial charge < -0.3 is 69.1 Å². The molecular weight excluding hydrogens is 927 g/mol. The Hall–Kier alpha value is -3.55. The molecule has 3 fully saturated rings. The molecule has 0 saturated carbocycles. The van der Waals surface area contributed by atoms with Gasteiger partial charge in [0.1, 0.15) is 30.0 Å². The van der Waals surface area contributed by atoms with Crippen molar-refractivity contribution in [2.24, 2.45) is 17.8 Å². The zero-order chi connectivity index (χ0) is 53.5. The van der Waals surface area contributed by atoms with Gasteiger partial charge in [0, 0.05) is 63.4 Å². The maximum atomic E-state index is 14.6. The van der Waals surface area contributed by atoms with Crippen LogP contribution in [-0.4, -0.2) is 190 Å². The number of hydrogen-bond donors (Lipinski definition) is 6. The van der Waals surface area contributed by atoms with Gasteiger partial charge in [0.2, 0.25) is 0 Å². The number of hydrogen-bond acceptors (Lipinski definition) is 16. The molecule has 0 unspecified atom stereocenters. The number of cyclic esters (lactones) is 1. The average Bonchev–Trinajstić information content (AvgIpc) is 3.33. The number of nitrogens with zero attached hydrogens (tertiary/aromatic N) is 4. The maximum Gasteiger partial charge on any atom is 0.321 e. The molecule has 2 amide bonds. The predicted molar refractivity (Wildman–Crippen MR) is 273 cm³/mol. The van der Waals surface area contributed by atoms with Gasteiger partial charge in [-0.15, -0.1) is 0 Å². The number of urea groups is 1. The van der Waals surface area contributed by atoms with E-state index >= 15 is 0 Å². The van der Waals surface area contributed by atoms with Crippen LogP contribution in [-0.2, 0) is 33.2 Å². The average molecular weight is 1010 g/mol. The molecule has 0 spiro atoms. The van der Waals surface area contributed by atoms with Crippen LogP contribution >= 0.6 is 0 Å². The van der Waals surface area contributed by atoms with Crippen LogP contribution in [0.25, 0.3) is 10.8 Å². The Morgan fingerprint density at radius 1 is 0.944 bits per heavy atom. The van der Waals surface area contributed by atoms with Crippen LogP contribution in [0.5, 0.6) is 0 Å². The summed E-state index contributed by atoms with van der Waals surface area (Å²) in [7, 11) is 5.24. The first-order valence-electron chi connectivity index (χ1n) is 26.0. The molecule has 3 aliphatic heterocycles. The number of nitriles is 1. The third-order valence-electron chi connectivity index (χ3n) is 15.7. The summed E-state index contributed by atoms with van der Waals surface area (Å²) in [5.41, 5.74) is -4.12. The number of likely N-dealkylation sites (N-methyl/N-ethyl adjacent to an activating group) is 1. The Labute approximate surface area is 427 Å². The van der Waals surface area contributed by atoms with Gasteiger partial charge in [0.25, 0.3) is 0 Å². The van der Waals surface area contributed by atoms with Gasteiger partial charge in [-0.2, -0.15) is 5.26 Å². The molecule has 0 aliphatic carbocycles. The van der Waals surface area contributed by atoms with Gasteiger partial charge in [-0.05, 0) is 117 Å². The lowest BCUT2D eigenvalue weighted by Gasteiger charge is -2.48. The molecule has 18 nitrogen and oxygen atoms in total. The van der Waals surface area contributed by atoms with Crippen LogP contribution in [0, 0.1) is 29.1 Å². The minimum Gasteiger partial charge on any atom is -0.459 e. The van der Waals surface area contributed by atoms with Crippen LogP contribution < -0.4 is 5.32 Å². The first-order chi connectivity index (χ1) is 33.8. The summed E-state index contributed by atoms with van der Waals surface area (Å²) in [5, 5.41) is 74.9. The zero-order valence-corrected chi connectivity index (χ0v) is 45.1. The number of aliphatic hydroxyl groups is 5. The molecule has 0 bridgehead atoms. The first kappa shape index (κ1) is 59.3. The van der Waals surface area contributed by atoms with E-state index in [2.05, 4.69) is 11.4 Å². The Morgan fingerprint density at radius 3 is 2.26 bits per heavy atom. The van der Waals surface area contributed by atoms with Crippen molar-refractivity contribution in [3.63, 3.8) is 0 Å². The molecule has 3 heterocycles. The van der Waals surface area contributed by atoms with E-state index in [1.165, 1.54) is 14.0 Å². The number of esters is 1. The first-order valence-corrected chi connectivity index (χ1v) is 26.0. The van der Waals surface area contributed by atoms with E-state index in [-0.39, 0.29) is 62.9 Å². The minimum atomic E-state index is -1.96. The van der Waals surface area contributed by atoms with Crippen molar-refractivity contribution in [2.75, 3.05) is 52.7 Å². The minimum absolute atomic E-state index is 0.0862. The highest BCUT2D eigenvalue weighted by atomic mass is 16.7. The van der Waals surface area contributed by atoms with E-state index in [1.807, 2.05) is 80.2 Å². The molecule has 3 aliphatic rings. The standard InChI is InChI=1S/C54H87N5O13/c1-14-42-54(10,66)46(61)36(6)59(26-18-25-58(24-17-23-55)51(64)56-40-22-21-38-19-15-16-20-39(38)28-40)31-32(2)29-52(8,65)48(72-50-44(60)41(57(11)12)27-33(3)68-50)34(4)45(35(5)49(63)70-42)71-43-30-53(9,67-13)47(62)37(7)69-43/h15-16,19-22,28,32-37,41-48,50,60-62,65-66H,14,17-18,24-27,29-31H2,1-13H3,(H,56,64)/t32-,33-,34+,35-,36-,37+,41+,42-,43-,44-,45+,46-,47+,48-,50+,52-,53-,54-/m1/s1. The highest BCUT2D eigenvalue weighted by Gasteiger charge is 2.53. The highest BCUT2D eigenvalue weighted by molar-refractivity contribution is 5.93. The highest BCUT2D eigenvalue weighted by Crippen LogP contribution is 2.40. The normalized spacial score (nSPS) is 38.9. The fourth-order valence-corrected chi connectivity index (χ4v) is 11.3. The number of methoxy groups -OCH3 is 1. The fourth-order valence-electron chi connectivity index (χ4n) is 11.3. The van der Waals surface area contributed by atoms with Gasteiger partial charge >= 0.3 is 12.0 Å². The quantitative estimate of drug-likeness (QED) is 0.132. The lowest BCUT2D eigenvalue weighted by atomic mass is 9.77. The number of anilines is 1. The number of carbonyl (C=O) groups excluding carboxylic acids is 2. The number of amides is 2. The van der Waals surface area contributed by atoms with Crippen molar-refractivity contribution in [3.05, 3.63) is 42.5 Å². The Kier molecular flexibility index (Phi) is 20.9. The predicted octanol–water partition coefficient (Wildman–Crippen LogP) is 5.26. The Morgan fingerprint density at radius 2 is 1.62 bits per heavy atom. The summed E-state index contributed by atoms with van der Waals surface area (Å²) >= 11 is 0. The molecule has 6 N–H and O–H groups in total. The Balaban J connectivity index is 1.51. The lowest BCUT2D eigenvalue weighted by Crippen LogP contribution is -2.60. The fraction of sp³-hybridized carbons (Fsp3) is 0.759. The lowest BCUT2D eigenvalue weighted by molar-refractivity contribution is -0.318. The van der Waals surface area contributed by atoms with Gasteiger partial charge in [-0.25, -0.2) is 4.79 Å². The van der Waals surface area contributed by atoms with Crippen LogP contribution in [0.15, 0.2) is 42.5 Å². The monoisotopic (exact) mass is 1010 g/mol. The molecule has 3 saturated heterocycles. The van der Waals surface area contributed by atoms with Crippen molar-refractivity contribution in [3.8, 4) is 6.07 Å². The molecule has 0 radical (unpaired) electrons. The van der Waals surface area contributed by atoms with E-state index in [4.69, 9.17) is 28.4 Å². The second-order valence-electron chi connectivity index (χ2n) is 22.0. The van der Waals surface area contributed by atoms with Crippen LogP contribution in [0.3, 0.4) is 0 Å². The number of fused-ring (bicyclic) bond motifs is 1. The summed E-state index contributed by atoms with van der Waals surface area (Å²) in [6, 6.07) is 14.2. The second-order valence-corrected chi connectivity index (χ2v) is 22.0. The number of benzene rings is 2. The van der Waals surface area contributed by atoms with E-state index in [9.17, 15) is 40.4 Å². The van der Waals surface area contributed by atoms with E-state index < -0.39 is 96.0 Å². The van der Waals surface area contributed by atoms with Gasteiger partial charge in [0.05, 0.1) is 54.0 Å². The molecular formula is C54H87N5O13. The number of rotatable bonds is 14. The molecule has 2 aromatic carbocycles. The molecule has 72 heavy (non-hydrogen) atoms. The molecule has 18 atom stereocenters. The summed E-state index contributed by atoms with van der Waals surface area (Å²) in [5.74, 6) is -2.99. The largest absolute Gasteiger partial charge is 0.459 e. The molecule has 18 heteroatoms. The zero-order valence-electron chi connectivity index (χ0n) is 45.1. The van der Waals surface area contributed by atoms with E-state index in [1.54, 1.807) is 53.4 Å². The maximum absolute atomic E-state index is 14.6. The molecule has 5 rings (SSSR count). The summed E-state index contributed by atoms with van der Waals surface area (Å²) < 4.78 is 38.2. The van der Waals surface area contributed by atoms with E-state index in [0.717, 1.165) is 10.8 Å². The number of aliphatic hydroxyl groups excluding tert-OH is 3. The summed E-state index contributed by atoms with van der Waals surface area (Å²) in [4.78, 5) is 34.0. The van der Waals surface area contributed by atoms with Crippen LogP contribution in [0.4, 0.5) is 10.5 Å². The number of nitrogens with one attached hydrogen (secondary N) is 1. The molecule has 2 aromatic rings. The van der Waals surface area contributed by atoms with Gasteiger partial charge in [-0.3, -0.25) is 9.69 Å². The van der Waals surface area contributed by atoms with Gasteiger partial charge in [0.15, 0.2) is 12.6 Å². The van der Waals surface area contributed by atoms with Crippen molar-refractivity contribution in [2.45, 2.75) is 198 Å². The van der Waals surface area contributed by atoms with Crippen molar-refractivity contribution in [1.29, 1.82) is 5.26 Å². The van der Waals surface area contributed by atoms with Crippen molar-refractivity contribution in [1.82, 2.24) is 14.7 Å². The third kappa shape index (κ3) is 14.2. The van der Waals surface area contributed by atoms with Crippen molar-refractivity contribution >= 4 is 28.5 Å². The van der Waals surface area contributed by atoms with Gasteiger partial charge in [-0.1, -0.05) is 51.1 Å². The number of carbonyl (C=O) groups is 2. The number of ether oxygens (including phenoxy) is 6. The SMILES string of the molecule is CC[C@H]1OC(=O)[C@H](C)[C@@H](O[C@@H]2C[C@@](C)(OC)[C@@H](O)[C@H](C)O2)[C@H](C)[C@@H](O[C@@H]2O[C@H](C)C[C@H](N(C)C)[C@H]2O)[C@](C)(O)C[C@@H](C)CN(CCCN(CCC#N)C(=O)Nc2ccc3ccccc3c2)[C@H](C)[C@@H](O)[C@]1(C)O. The Bertz CT molecular complexity index is 2110. The van der Waals surface area contributed by atoms with Crippen molar-refractivity contribution < 1.29 is 63.5 Å². The van der Waals surface area contributed by atoms with E-state index in [0.29, 0.717) is 31.6 Å². The topological polar surface area (TPSA) is 236 Å². The third-order valence-corrected chi connectivity index (χ3v) is 15.7. The smallest absolute Gasteiger partial charge is 0.321 e.